The highest BCUT2D eigenvalue weighted by atomic mass is 16.1. The number of aryl methyl sites for hydroxylation is 2. The van der Waals surface area contributed by atoms with E-state index < -0.39 is 0 Å². The molecule has 1 saturated heterocycles. The highest BCUT2D eigenvalue weighted by molar-refractivity contribution is 5.95. The van der Waals surface area contributed by atoms with E-state index in [-0.39, 0.29) is 11.4 Å². The molecule has 1 unspecified atom stereocenters. The van der Waals surface area contributed by atoms with Crippen molar-refractivity contribution in [1.82, 2.24) is 20.8 Å². The van der Waals surface area contributed by atoms with Crippen LogP contribution in [0.2, 0.25) is 0 Å². The molecule has 2 heterocycles. The predicted octanol–water partition coefficient (Wildman–Crippen LogP) is 0.829. The van der Waals surface area contributed by atoms with Crippen LogP contribution in [-0.2, 0) is 6.42 Å². The first-order valence-corrected chi connectivity index (χ1v) is 6.40. The summed E-state index contributed by atoms with van der Waals surface area (Å²) in [5, 5.41) is 14.5. The van der Waals surface area contributed by atoms with Gasteiger partial charge in [0.2, 0.25) is 0 Å². The number of hydrogen-bond donors (Lipinski definition) is 2. The van der Waals surface area contributed by atoms with Gasteiger partial charge in [0.25, 0.3) is 5.91 Å². The topological polar surface area (TPSA) is 66.9 Å². The molecule has 1 aromatic heterocycles. The molecule has 98 valence electrons. The molecule has 0 bridgehead atoms. The van der Waals surface area contributed by atoms with E-state index in [2.05, 4.69) is 27.8 Å². The van der Waals surface area contributed by atoms with Crippen LogP contribution in [0.15, 0.2) is 6.07 Å². The fourth-order valence-corrected chi connectivity index (χ4v) is 2.24. The Bertz CT molecular complexity index is 452. The first-order chi connectivity index (χ1) is 8.54. The summed E-state index contributed by atoms with van der Waals surface area (Å²) in [5.41, 5.74) is 2.03. The minimum Gasteiger partial charge on any atom is -0.345 e. The lowest BCUT2D eigenvalue weighted by Crippen LogP contribution is -2.47. The summed E-state index contributed by atoms with van der Waals surface area (Å²) >= 11 is 0. The van der Waals surface area contributed by atoms with Crippen LogP contribution in [-0.4, -0.2) is 34.7 Å². The molecule has 5 heteroatoms. The number of rotatable bonds is 3. The summed E-state index contributed by atoms with van der Waals surface area (Å²) < 4.78 is 0. The van der Waals surface area contributed by atoms with E-state index in [9.17, 15) is 4.79 Å². The highest BCUT2D eigenvalue weighted by Crippen LogP contribution is 2.15. The molecule has 5 nitrogen and oxygen atoms in total. The largest absolute Gasteiger partial charge is 0.345 e. The van der Waals surface area contributed by atoms with Gasteiger partial charge in [0.05, 0.1) is 22.5 Å². The SMILES string of the molecule is CCc1nnc(C)cc1C(=O)NC1(C)CCNC1. The molecule has 1 aromatic rings. The summed E-state index contributed by atoms with van der Waals surface area (Å²) in [6.45, 7) is 7.66. The van der Waals surface area contributed by atoms with Crippen LogP contribution in [0.3, 0.4) is 0 Å². The van der Waals surface area contributed by atoms with E-state index in [0.717, 1.165) is 30.9 Å². The van der Waals surface area contributed by atoms with Crippen LogP contribution in [0.5, 0.6) is 0 Å². The normalized spacial score (nSPS) is 23.1. The molecule has 18 heavy (non-hydrogen) atoms. The van der Waals surface area contributed by atoms with Crippen LogP contribution in [0, 0.1) is 6.92 Å². The Kier molecular flexibility index (Phi) is 3.61. The van der Waals surface area contributed by atoms with Gasteiger partial charge in [0.15, 0.2) is 0 Å². The highest BCUT2D eigenvalue weighted by Gasteiger charge is 2.31. The van der Waals surface area contributed by atoms with E-state index in [1.807, 2.05) is 19.9 Å². The van der Waals surface area contributed by atoms with Gasteiger partial charge in [-0.2, -0.15) is 10.2 Å². The Morgan fingerprint density at radius 3 is 2.94 bits per heavy atom. The molecule has 2 N–H and O–H groups in total. The third-order valence-corrected chi connectivity index (χ3v) is 3.36. The Hall–Kier alpha value is -1.49. The van der Waals surface area contributed by atoms with Crippen LogP contribution in [0.4, 0.5) is 0 Å². The van der Waals surface area contributed by atoms with Gasteiger partial charge in [0, 0.05) is 6.54 Å². The fraction of sp³-hybridized carbons (Fsp3) is 0.615. The number of carbonyl (C=O) groups is 1. The van der Waals surface area contributed by atoms with Crippen molar-refractivity contribution >= 4 is 5.91 Å². The number of amides is 1. The van der Waals surface area contributed by atoms with Gasteiger partial charge in [-0.05, 0) is 39.3 Å². The Balaban J connectivity index is 2.20. The molecule has 0 aromatic carbocycles. The summed E-state index contributed by atoms with van der Waals surface area (Å²) in [6, 6.07) is 1.81. The molecular formula is C13H20N4O. The summed E-state index contributed by atoms with van der Waals surface area (Å²) in [6.07, 6.45) is 1.67. The number of carbonyl (C=O) groups excluding carboxylic acids is 1. The monoisotopic (exact) mass is 248 g/mol. The molecule has 1 aliphatic heterocycles. The van der Waals surface area contributed by atoms with E-state index in [4.69, 9.17) is 0 Å². The average Bonchev–Trinajstić information content (AvgIpc) is 2.75. The fourth-order valence-electron chi connectivity index (χ4n) is 2.24. The molecule has 0 saturated carbocycles. The van der Waals surface area contributed by atoms with Crippen molar-refractivity contribution in [1.29, 1.82) is 0 Å². The van der Waals surface area contributed by atoms with Gasteiger partial charge in [-0.15, -0.1) is 0 Å². The van der Waals surface area contributed by atoms with Crippen molar-refractivity contribution in [3.8, 4) is 0 Å². The second-order valence-electron chi connectivity index (χ2n) is 5.14. The number of hydrogen-bond acceptors (Lipinski definition) is 4. The second kappa shape index (κ2) is 5.02. The Morgan fingerprint density at radius 1 is 1.56 bits per heavy atom. The van der Waals surface area contributed by atoms with Crippen molar-refractivity contribution < 1.29 is 4.79 Å². The van der Waals surface area contributed by atoms with E-state index in [1.165, 1.54) is 0 Å². The third kappa shape index (κ3) is 2.67. The zero-order valence-corrected chi connectivity index (χ0v) is 11.2. The smallest absolute Gasteiger partial charge is 0.253 e. The molecular weight excluding hydrogens is 228 g/mol. The lowest BCUT2D eigenvalue weighted by atomic mass is 10.0. The van der Waals surface area contributed by atoms with E-state index in [1.54, 1.807) is 0 Å². The first kappa shape index (κ1) is 13.0. The standard InChI is InChI=1S/C13H20N4O/c1-4-11-10(7-9(2)16-17-11)12(18)15-13(3)5-6-14-8-13/h7,14H,4-6,8H2,1-3H3,(H,15,18). The van der Waals surface area contributed by atoms with Crippen LogP contribution < -0.4 is 10.6 Å². The number of nitrogens with zero attached hydrogens (tertiary/aromatic N) is 2. The quantitative estimate of drug-likeness (QED) is 0.831. The zero-order valence-electron chi connectivity index (χ0n) is 11.2. The van der Waals surface area contributed by atoms with E-state index >= 15 is 0 Å². The van der Waals surface area contributed by atoms with Gasteiger partial charge in [-0.3, -0.25) is 4.79 Å². The molecule has 1 fully saturated rings. The second-order valence-corrected chi connectivity index (χ2v) is 5.14. The minimum absolute atomic E-state index is 0.0453. The maximum absolute atomic E-state index is 12.3. The molecule has 1 amide bonds. The van der Waals surface area contributed by atoms with Gasteiger partial charge in [-0.1, -0.05) is 6.92 Å². The van der Waals surface area contributed by atoms with Crippen molar-refractivity contribution in [3.05, 3.63) is 23.0 Å². The van der Waals surface area contributed by atoms with Crippen molar-refractivity contribution in [2.24, 2.45) is 0 Å². The molecule has 0 spiro atoms. The lowest BCUT2D eigenvalue weighted by Gasteiger charge is -2.24. The maximum atomic E-state index is 12.3. The summed E-state index contributed by atoms with van der Waals surface area (Å²) in [7, 11) is 0. The van der Waals surface area contributed by atoms with Gasteiger partial charge in [-0.25, -0.2) is 0 Å². The van der Waals surface area contributed by atoms with Crippen LogP contribution in [0.1, 0.15) is 42.0 Å². The van der Waals surface area contributed by atoms with Crippen molar-refractivity contribution in [3.63, 3.8) is 0 Å². The zero-order chi connectivity index (χ0) is 13.2. The van der Waals surface area contributed by atoms with Crippen molar-refractivity contribution in [2.45, 2.75) is 39.2 Å². The first-order valence-electron chi connectivity index (χ1n) is 6.40. The lowest BCUT2D eigenvalue weighted by molar-refractivity contribution is 0.0911. The summed E-state index contributed by atoms with van der Waals surface area (Å²) in [4.78, 5) is 12.3. The van der Waals surface area contributed by atoms with Crippen LogP contribution >= 0.6 is 0 Å². The van der Waals surface area contributed by atoms with Gasteiger partial charge >= 0.3 is 0 Å². The number of aromatic nitrogens is 2. The minimum atomic E-state index is -0.154. The van der Waals surface area contributed by atoms with Crippen LogP contribution in [0.25, 0.3) is 0 Å². The Morgan fingerprint density at radius 2 is 2.33 bits per heavy atom. The average molecular weight is 248 g/mol. The summed E-state index contributed by atoms with van der Waals surface area (Å²) in [5.74, 6) is -0.0453. The van der Waals surface area contributed by atoms with Crippen molar-refractivity contribution in [2.75, 3.05) is 13.1 Å². The maximum Gasteiger partial charge on any atom is 0.253 e. The van der Waals surface area contributed by atoms with Gasteiger partial charge < -0.3 is 10.6 Å². The Labute approximate surface area is 107 Å². The van der Waals surface area contributed by atoms with Gasteiger partial charge in [0.1, 0.15) is 0 Å². The molecule has 0 radical (unpaired) electrons. The molecule has 0 aliphatic carbocycles. The predicted molar refractivity (Wildman–Crippen MR) is 69.5 cm³/mol. The van der Waals surface area contributed by atoms with E-state index in [0.29, 0.717) is 12.0 Å². The third-order valence-electron chi connectivity index (χ3n) is 3.36. The number of nitrogens with one attached hydrogen (secondary N) is 2. The molecule has 1 atom stereocenters. The molecule has 2 rings (SSSR count). The molecule has 1 aliphatic rings.